The van der Waals surface area contributed by atoms with Crippen LogP contribution in [0.4, 0.5) is 0 Å². The molecule has 1 rings (SSSR count). The molecule has 1 heterocycles. The zero-order valence-electron chi connectivity index (χ0n) is 7.66. The standard InChI is InChI=1S/C8H12N2O4/c1-14-8-9-2-5(3-10-8)7(13)6(12)4-11/h2-3,6-7,11-13H,4H2,1H3. The van der Waals surface area contributed by atoms with Crippen LogP contribution in [0.25, 0.3) is 0 Å². The first-order valence-electron chi connectivity index (χ1n) is 4.02. The molecule has 0 radical (unpaired) electrons. The first-order valence-corrected chi connectivity index (χ1v) is 4.02. The van der Waals surface area contributed by atoms with Gasteiger partial charge in [-0.1, -0.05) is 0 Å². The minimum Gasteiger partial charge on any atom is -0.467 e. The molecule has 0 spiro atoms. The van der Waals surface area contributed by atoms with Crippen molar-refractivity contribution < 1.29 is 20.1 Å². The molecule has 0 aliphatic carbocycles. The number of aliphatic hydroxyl groups is 3. The van der Waals surface area contributed by atoms with E-state index in [0.717, 1.165) is 0 Å². The Balaban J connectivity index is 2.75. The van der Waals surface area contributed by atoms with Crippen LogP contribution in [0.5, 0.6) is 6.01 Å². The molecule has 1 aromatic heterocycles. The van der Waals surface area contributed by atoms with Gasteiger partial charge in [0.15, 0.2) is 0 Å². The Kier molecular flexibility index (Phi) is 3.75. The SMILES string of the molecule is COc1ncc(C(O)C(O)CO)cn1. The smallest absolute Gasteiger partial charge is 0.316 e. The molecule has 14 heavy (non-hydrogen) atoms. The Morgan fingerprint density at radius 3 is 2.36 bits per heavy atom. The Hall–Kier alpha value is -1.24. The second-order valence-electron chi connectivity index (χ2n) is 2.70. The van der Waals surface area contributed by atoms with Crippen LogP contribution in [0.15, 0.2) is 12.4 Å². The van der Waals surface area contributed by atoms with Gasteiger partial charge in [-0.15, -0.1) is 0 Å². The summed E-state index contributed by atoms with van der Waals surface area (Å²) in [7, 11) is 1.42. The minimum atomic E-state index is -1.23. The molecule has 0 amide bonds. The lowest BCUT2D eigenvalue weighted by molar-refractivity contribution is -0.0156. The Morgan fingerprint density at radius 2 is 1.93 bits per heavy atom. The lowest BCUT2D eigenvalue weighted by Gasteiger charge is -2.14. The Labute approximate surface area is 80.8 Å². The van der Waals surface area contributed by atoms with Crippen molar-refractivity contribution in [1.82, 2.24) is 9.97 Å². The minimum absolute atomic E-state index is 0.180. The van der Waals surface area contributed by atoms with Crippen molar-refractivity contribution in [3.63, 3.8) is 0 Å². The van der Waals surface area contributed by atoms with Gasteiger partial charge in [0.05, 0.1) is 13.7 Å². The molecule has 2 unspecified atom stereocenters. The van der Waals surface area contributed by atoms with Gasteiger partial charge in [0.1, 0.15) is 12.2 Å². The number of rotatable bonds is 4. The summed E-state index contributed by atoms with van der Waals surface area (Å²) in [4.78, 5) is 7.50. The molecule has 2 atom stereocenters. The van der Waals surface area contributed by atoms with Gasteiger partial charge >= 0.3 is 6.01 Å². The van der Waals surface area contributed by atoms with E-state index < -0.39 is 18.8 Å². The molecule has 0 bridgehead atoms. The van der Waals surface area contributed by atoms with E-state index >= 15 is 0 Å². The largest absolute Gasteiger partial charge is 0.467 e. The van der Waals surface area contributed by atoms with Gasteiger partial charge in [-0.05, 0) is 0 Å². The van der Waals surface area contributed by atoms with Crippen molar-refractivity contribution in [3.8, 4) is 6.01 Å². The second-order valence-corrected chi connectivity index (χ2v) is 2.70. The maximum Gasteiger partial charge on any atom is 0.316 e. The van der Waals surface area contributed by atoms with Crippen molar-refractivity contribution in [2.75, 3.05) is 13.7 Å². The predicted molar refractivity (Wildman–Crippen MR) is 46.6 cm³/mol. The van der Waals surface area contributed by atoms with Crippen LogP contribution >= 0.6 is 0 Å². The summed E-state index contributed by atoms with van der Waals surface area (Å²) in [6.07, 6.45) is 0.239. The van der Waals surface area contributed by atoms with Crippen molar-refractivity contribution in [1.29, 1.82) is 0 Å². The predicted octanol–water partition coefficient (Wildman–Crippen LogP) is -1.13. The van der Waals surface area contributed by atoms with Crippen LogP contribution in [0.3, 0.4) is 0 Å². The highest BCUT2D eigenvalue weighted by atomic mass is 16.5. The lowest BCUT2D eigenvalue weighted by atomic mass is 10.1. The highest BCUT2D eigenvalue weighted by molar-refractivity contribution is 5.11. The van der Waals surface area contributed by atoms with E-state index in [1.54, 1.807) is 0 Å². The normalized spacial score (nSPS) is 14.9. The van der Waals surface area contributed by atoms with Crippen LogP contribution in [0, 0.1) is 0 Å². The molecule has 0 aromatic carbocycles. The van der Waals surface area contributed by atoms with Gasteiger partial charge in [0.2, 0.25) is 0 Å². The van der Waals surface area contributed by atoms with Crippen molar-refractivity contribution in [2.24, 2.45) is 0 Å². The monoisotopic (exact) mass is 200 g/mol. The number of nitrogens with zero attached hydrogens (tertiary/aromatic N) is 2. The van der Waals surface area contributed by atoms with Crippen LogP contribution in [0.1, 0.15) is 11.7 Å². The van der Waals surface area contributed by atoms with Crippen LogP contribution in [-0.2, 0) is 0 Å². The summed E-state index contributed by atoms with van der Waals surface area (Å²) in [6, 6.07) is 0.180. The second kappa shape index (κ2) is 4.85. The third-order valence-corrected chi connectivity index (χ3v) is 1.72. The van der Waals surface area contributed by atoms with Gasteiger partial charge in [-0.25, -0.2) is 9.97 Å². The highest BCUT2D eigenvalue weighted by Crippen LogP contribution is 2.15. The molecule has 0 saturated carbocycles. The van der Waals surface area contributed by atoms with Gasteiger partial charge < -0.3 is 20.1 Å². The average molecular weight is 200 g/mol. The maximum atomic E-state index is 9.42. The molecule has 3 N–H and O–H groups in total. The molecular formula is C8H12N2O4. The first kappa shape index (κ1) is 10.8. The van der Waals surface area contributed by atoms with E-state index in [0.29, 0.717) is 5.56 Å². The van der Waals surface area contributed by atoms with Gasteiger partial charge in [-0.2, -0.15) is 0 Å². The number of aromatic nitrogens is 2. The summed E-state index contributed by atoms with van der Waals surface area (Å²) in [5, 5.41) is 27.1. The number of aliphatic hydroxyl groups excluding tert-OH is 3. The summed E-state index contributed by atoms with van der Waals surface area (Å²) in [6.45, 7) is -0.521. The Morgan fingerprint density at radius 1 is 1.36 bits per heavy atom. The van der Waals surface area contributed by atoms with E-state index in [-0.39, 0.29) is 6.01 Å². The van der Waals surface area contributed by atoms with Gasteiger partial charge in [-0.3, -0.25) is 0 Å². The third kappa shape index (κ3) is 2.38. The average Bonchev–Trinajstić information content (AvgIpc) is 2.27. The van der Waals surface area contributed by atoms with Crippen molar-refractivity contribution in [2.45, 2.75) is 12.2 Å². The first-order chi connectivity index (χ1) is 6.69. The number of ether oxygens (including phenoxy) is 1. The van der Waals surface area contributed by atoms with E-state index in [9.17, 15) is 5.11 Å². The molecule has 6 nitrogen and oxygen atoms in total. The van der Waals surface area contributed by atoms with E-state index in [1.165, 1.54) is 19.5 Å². The van der Waals surface area contributed by atoms with Gasteiger partial charge in [0, 0.05) is 18.0 Å². The fourth-order valence-electron chi connectivity index (χ4n) is 0.906. The molecule has 1 aromatic rings. The summed E-state index contributed by atoms with van der Waals surface area (Å²) >= 11 is 0. The molecule has 0 aliphatic heterocycles. The van der Waals surface area contributed by atoms with Crippen molar-refractivity contribution >= 4 is 0 Å². The summed E-state index contributed by atoms with van der Waals surface area (Å²) in [5.41, 5.74) is 0.326. The van der Waals surface area contributed by atoms with Crippen molar-refractivity contribution in [3.05, 3.63) is 18.0 Å². The molecule has 0 saturated heterocycles. The van der Waals surface area contributed by atoms with E-state index in [4.69, 9.17) is 14.9 Å². The summed E-state index contributed by atoms with van der Waals surface area (Å²) < 4.78 is 4.72. The summed E-state index contributed by atoms with van der Waals surface area (Å²) in [5.74, 6) is 0. The Bertz CT molecular complexity index is 277. The topological polar surface area (TPSA) is 95.7 Å². The molecular weight excluding hydrogens is 188 g/mol. The van der Waals surface area contributed by atoms with Gasteiger partial charge in [0.25, 0.3) is 0 Å². The third-order valence-electron chi connectivity index (χ3n) is 1.72. The van der Waals surface area contributed by atoms with Crippen LogP contribution in [0.2, 0.25) is 0 Å². The number of hydrogen-bond donors (Lipinski definition) is 3. The highest BCUT2D eigenvalue weighted by Gasteiger charge is 2.17. The molecule has 6 heteroatoms. The molecule has 0 fully saturated rings. The molecule has 78 valence electrons. The van der Waals surface area contributed by atoms with E-state index in [1.807, 2.05) is 0 Å². The zero-order valence-corrected chi connectivity index (χ0v) is 7.66. The number of methoxy groups -OCH3 is 1. The van der Waals surface area contributed by atoms with Crippen LogP contribution in [-0.4, -0.2) is 45.1 Å². The zero-order chi connectivity index (χ0) is 10.6. The maximum absolute atomic E-state index is 9.42. The quantitative estimate of drug-likeness (QED) is 0.569. The fourth-order valence-corrected chi connectivity index (χ4v) is 0.906. The number of hydrogen-bond acceptors (Lipinski definition) is 6. The van der Waals surface area contributed by atoms with Crippen LogP contribution < -0.4 is 4.74 Å². The van der Waals surface area contributed by atoms with E-state index in [2.05, 4.69) is 9.97 Å². The fraction of sp³-hybridized carbons (Fsp3) is 0.500. The molecule has 0 aliphatic rings. The lowest BCUT2D eigenvalue weighted by Crippen LogP contribution is -2.22.